The molecule has 0 saturated carbocycles. The summed E-state index contributed by atoms with van der Waals surface area (Å²) in [6, 6.07) is 17.8. The Balaban J connectivity index is 1.16. The largest absolute Gasteiger partial charge is 0.493 e. The molecule has 0 amide bonds. The van der Waals surface area contributed by atoms with Gasteiger partial charge in [0.05, 0.1) is 35.5 Å². The molecule has 47 heavy (non-hydrogen) atoms. The molecule has 8 nitrogen and oxygen atoms in total. The molecule has 2 atom stereocenters. The van der Waals surface area contributed by atoms with Gasteiger partial charge in [0.15, 0.2) is 34.5 Å². The molecule has 3 heterocycles. The minimum Gasteiger partial charge on any atom is -0.493 e. The Morgan fingerprint density at radius 1 is 0.596 bits per heavy atom. The van der Waals surface area contributed by atoms with Gasteiger partial charge in [-0.3, -0.25) is 9.80 Å². The van der Waals surface area contributed by atoms with E-state index in [1.807, 2.05) is 0 Å². The fourth-order valence-corrected chi connectivity index (χ4v) is 8.37. The molecule has 244 valence electrons. The van der Waals surface area contributed by atoms with Crippen molar-refractivity contribution >= 4 is 0 Å². The molecule has 0 bridgehead atoms. The summed E-state index contributed by atoms with van der Waals surface area (Å²) in [6.07, 6.45) is 3.79. The van der Waals surface area contributed by atoms with E-state index in [2.05, 4.69) is 65.4 Å². The van der Waals surface area contributed by atoms with Crippen LogP contribution in [0.3, 0.4) is 0 Å². The molecule has 1 aliphatic carbocycles. The lowest BCUT2D eigenvalue weighted by molar-refractivity contribution is 0.160. The van der Waals surface area contributed by atoms with E-state index in [-0.39, 0.29) is 6.04 Å². The van der Waals surface area contributed by atoms with Crippen molar-refractivity contribution in [3.8, 4) is 51.4 Å². The van der Waals surface area contributed by atoms with Crippen molar-refractivity contribution in [2.45, 2.75) is 44.3 Å². The third-order valence-corrected chi connectivity index (χ3v) is 10.8. The summed E-state index contributed by atoms with van der Waals surface area (Å²) in [5.41, 5.74) is 11.4. The van der Waals surface area contributed by atoms with Gasteiger partial charge in [0.2, 0.25) is 0 Å². The number of likely N-dealkylation sites (N-methyl/N-ethyl adjacent to an activating group) is 1. The summed E-state index contributed by atoms with van der Waals surface area (Å²) in [5, 5.41) is 0. The van der Waals surface area contributed by atoms with Crippen LogP contribution in [-0.4, -0.2) is 65.5 Å². The molecule has 3 aliphatic heterocycles. The Labute approximate surface area is 276 Å². The van der Waals surface area contributed by atoms with Gasteiger partial charge in [0, 0.05) is 37.3 Å². The minimum absolute atomic E-state index is 0.258. The zero-order valence-electron chi connectivity index (χ0n) is 28.1. The third kappa shape index (κ3) is 4.80. The summed E-state index contributed by atoms with van der Waals surface area (Å²) < 4.78 is 35.8. The summed E-state index contributed by atoms with van der Waals surface area (Å²) in [4.78, 5) is 5.02. The molecule has 0 radical (unpaired) electrons. The molecular weight excluding hydrogens is 592 g/mol. The molecule has 4 aromatic rings. The van der Waals surface area contributed by atoms with E-state index in [1.165, 1.54) is 38.9 Å². The smallest absolute Gasteiger partial charge is 0.169 e. The SMILES string of the molecule is COc1cc2c(cc1OC)C1Cc3cc(Oc4ccc5c(c4)-c4c(OC)c(OC)cc6c4C(C5)N(C)CC6)c(OC)cc3CN1CC2. The number of ether oxygens (including phenoxy) is 6. The van der Waals surface area contributed by atoms with Crippen molar-refractivity contribution in [1.82, 2.24) is 9.80 Å². The standard InChI is InChI=1S/C39H42N2O6/c1-40-11-9-24-16-36(45-5)39(46-6)38-29-19-27(8-7-22(29)13-31(40)37(24)38)47-35-17-25-14-30-28-20-34(44-4)32(42-2)15-23(28)10-12-41(30)21-26(25)18-33(35)43-3/h7-8,15-20,30-31H,9-14,21H2,1-6H3. The van der Waals surface area contributed by atoms with E-state index in [9.17, 15) is 0 Å². The number of hydrogen-bond donors (Lipinski definition) is 0. The molecule has 0 aromatic heterocycles. The first-order valence-electron chi connectivity index (χ1n) is 16.4. The van der Waals surface area contributed by atoms with Gasteiger partial charge < -0.3 is 28.4 Å². The zero-order chi connectivity index (χ0) is 32.4. The second-order valence-corrected chi connectivity index (χ2v) is 13.0. The van der Waals surface area contributed by atoms with Gasteiger partial charge in [0.1, 0.15) is 5.75 Å². The maximum Gasteiger partial charge on any atom is 0.169 e. The first kappa shape index (κ1) is 30.0. The summed E-state index contributed by atoms with van der Waals surface area (Å²) in [5.74, 6) is 5.34. The van der Waals surface area contributed by atoms with Gasteiger partial charge in [-0.15, -0.1) is 0 Å². The average molecular weight is 635 g/mol. The van der Waals surface area contributed by atoms with Crippen LogP contribution < -0.4 is 28.4 Å². The highest BCUT2D eigenvalue weighted by Gasteiger charge is 2.37. The molecule has 4 aliphatic rings. The number of benzene rings is 4. The molecule has 0 fully saturated rings. The zero-order valence-corrected chi connectivity index (χ0v) is 28.1. The number of rotatable bonds is 7. The van der Waals surface area contributed by atoms with Crippen molar-refractivity contribution in [1.29, 1.82) is 0 Å². The monoisotopic (exact) mass is 634 g/mol. The lowest BCUT2D eigenvalue weighted by Gasteiger charge is -2.42. The average Bonchev–Trinajstić information content (AvgIpc) is 3.10. The third-order valence-electron chi connectivity index (χ3n) is 10.8. The lowest BCUT2D eigenvalue weighted by Crippen LogP contribution is -2.39. The van der Waals surface area contributed by atoms with Crippen molar-refractivity contribution in [3.63, 3.8) is 0 Å². The van der Waals surface area contributed by atoms with Crippen molar-refractivity contribution < 1.29 is 28.4 Å². The second-order valence-electron chi connectivity index (χ2n) is 13.0. The second kappa shape index (κ2) is 11.7. The molecule has 4 aromatic carbocycles. The van der Waals surface area contributed by atoms with Crippen molar-refractivity contribution in [3.05, 3.63) is 87.5 Å². The lowest BCUT2D eigenvalue weighted by atomic mass is 9.76. The summed E-state index contributed by atoms with van der Waals surface area (Å²) in [7, 11) is 10.8. The van der Waals surface area contributed by atoms with Gasteiger partial charge in [-0.1, -0.05) is 6.07 Å². The highest BCUT2D eigenvalue weighted by molar-refractivity contribution is 5.84. The van der Waals surface area contributed by atoms with Crippen LogP contribution in [0.15, 0.2) is 48.5 Å². The summed E-state index contributed by atoms with van der Waals surface area (Å²) >= 11 is 0. The van der Waals surface area contributed by atoms with Gasteiger partial charge in [0.25, 0.3) is 0 Å². The van der Waals surface area contributed by atoms with Crippen LogP contribution in [0.1, 0.15) is 51.0 Å². The predicted octanol–water partition coefficient (Wildman–Crippen LogP) is 6.93. The molecule has 0 spiro atoms. The maximum absolute atomic E-state index is 6.71. The van der Waals surface area contributed by atoms with Crippen LogP contribution in [0, 0.1) is 0 Å². The molecule has 0 saturated heterocycles. The van der Waals surface area contributed by atoms with Crippen molar-refractivity contribution in [2.24, 2.45) is 0 Å². The van der Waals surface area contributed by atoms with E-state index in [4.69, 9.17) is 28.4 Å². The van der Waals surface area contributed by atoms with Crippen LogP contribution in [0.2, 0.25) is 0 Å². The Morgan fingerprint density at radius 3 is 2.02 bits per heavy atom. The van der Waals surface area contributed by atoms with Crippen LogP contribution in [0.25, 0.3) is 11.1 Å². The molecule has 2 unspecified atom stereocenters. The fraction of sp³-hybridized carbons (Fsp3) is 0.385. The Kier molecular flexibility index (Phi) is 7.45. The molecule has 8 heteroatoms. The van der Waals surface area contributed by atoms with Gasteiger partial charge in [-0.25, -0.2) is 0 Å². The minimum atomic E-state index is 0.258. The van der Waals surface area contributed by atoms with E-state index in [1.54, 1.807) is 35.5 Å². The number of nitrogens with zero attached hydrogens (tertiary/aromatic N) is 2. The molecule has 8 rings (SSSR count). The molecule has 0 N–H and O–H groups in total. The Bertz CT molecular complexity index is 1890. The Morgan fingerprint density at radius 2 is 1.26 bits per heavy atom. The maximum atomic E-state index is 6.71. The number of hydrogen-bond acceptors (Lipinski definition) is 8. The first-order valence-corrected chi connectivity index (χ1v) is 16.4. The van der Waals surface area contributed by atoms with E-state index >= 15 is 0 Å². The van der Waals surface area contributed by atoms with Crippen LogP contribution >= 0.6 is 0 Å². The quantitative estimate of drug-likeness (QED) is 0.217. The topological polar surface area (TPSA) is 61.9 Å². The van der Waals surface area contributed by atoms with Gasteiger partial charge in [-0.2, -0.15) is 0 Å². The van der Waals surface area contributed by atoms with E-state index in [0.29, 0.717) is 6.04 Å². The summed E-state index contributed by atoms with van der Waals surface area (Å²) in [6.45, 7) is 2.88. The fourth-order valence-electron chi connectivity index (χ4n) is 8.37. The van der Waals surface area contributed by atoms with E-state index < -0.39 is 0 Å². The van der Waals surface area contributed by atoms with Gasteiger partial charge >= 0.3 is 0 Å². The first-order chi connectivity index (χ1) is 22.9. The van der Waals surface area contributed by atoms with Gasteiger partial charge in [-0.05, 0) is 120 Å². The predicted molar refractivity (Wildman–Crippen MR) is 181 cm³/mol. The Hall–Kier alpha value is -4.40. The highest BCUT2D eigenvalue weighted by Crippen LogP contribution is 2.53. The normalized spacial score (nSPS) is 19.4. The highest BCUT2D eigenvalue weighted by atomic mass is 16.5. The van der Waals surface area contributed by atoms with Crippen molar-refractivity contribution in [2.75, 3.05) is 55.7 Å². The number of fused-ring (bicyclic) bond motifs is 6. The van der Waals surface area contributed by atoms with Crippen LogP contribution in [-0.2, 0) is 32.2 Å². The number of methoxy groups -OCH3 is 5. The van der Waals surface area contributed by atoms with Crippen LogP contribution in [0.4, 0.5) is 0 Å². The molecular formula is C39H42N2O6. The van der Waals surface area contributed by atoms with E-state index in [0.717, 1.165) is 96.7 Å². The van der Waals surface area contributed by atoms with Crippen LogP contribution in [0.5, 0.6) is 40.2 Å².